The van der Waals surface area contributed by atoms with Gasteiger partial charge in [-0.25, -0.2) is 0 Å². The van der Waals surface area contributed by atoms with Crippen molar-refractivity contribution in [3.63, 3.8) is 0 Å². The van der Waals surface area contributed by atoms with E-state index in [0.717, 1.165) is 25.9 Å². The highest BCUT2D eigenvalue weighted by molar-refractivity contribution is 7.99. The van der Waals surface area contributed by atoms with Crippen molar-refractivity contribution in [3.05, 3.63) is 66.3 Å². The molecule has 2 aliphatic heterocycles. The predicted molar refractivity (Wildman–Crippen MR) is 127 cm³/mol. The molecule has 176 valence electrons. The number of aromatic nitrogens is 4. The number of allylic oxidation sites excluding steroid dienone is 1. The van der Waals surface area contributed by atoms with Crippen molar-refractivity contribution in [2.45, 2.75) is 30.6 Å². The molecule has 0 bridgehead atoms. The molecule has 0 spiro atoms. The first kappa shape index (κ1) is 22.3. The number of nitrogens with one attached hydrogen (secondary N) is 1. The summed E-state index contributed by atoms with van der Waals surface area (Å²) >= 11 is 1.29. The summed E-state index contributed by atoms with van der Waals surface area (Å²) in [7, 11) is 0. The smallest absolute Gasteiger partial charge is 0.270 e. The molecule has 0 radical (unpaired) electrons. The van der Waals surface area contributed by atoms with Gasteiger partial charge >= 0.3 is 0 Å². The third-order valence-electron chi connectivity index (χ3n) is 5.81. The van der Waals surface area contributed by atoms with E-state index >= 15 is 0 Å². The van der Waals surface area contributed by atoms with Gasteiger partial charge in [0.1, 0.15) is 12.3 Å². The van der Waals surface area contributed by atoms with Crippen LogP contribution in [0.3, 0.4) is 0 Å². The molecule has 10 heteroatoms. The first-order chi connectivity index (χ1) is 16.6. The molecule has 2 aromatic heterocycles. The number of carbonyl (C=O) groups is 2. The van der Waals surface area contributed by atoms with Crippen LogP contribution >= 0.6 is 11.8 Å². The van der Waals surface area contributed by atoms with Crippen LogP contribution in [0.2, 0.25) is 0 Å². The van der Waals surface area contributed by atoms with Crippen molar-refractivity contribution >= 4 is 23.5 Å². The van der Waals surface area contributed by atoms with Gasteiger partial charge in [-0.1, -0.05) is 30.0 Å². The maximum absolute atomic E-state index is 12.8. The lowest BCUT2D eigenvalue weighted by molar-refractivity contribution is 0.0787. The van der Waals surface area contributed by atoms with Crippen molar-refractivity contribution in [2.24, 2.45) is 0 Å². The van der Waals surface area contributed by atoms with Crippen LogP contribution in [-0.4, -0.2) is 61.8 Å². The van der Waals surface area contributed by atoms with E-state index < -0.39 is 6.10 Å². The number of ether oxygens (including phenoxy) is 2. The Morgan fingerprint density at radius 3 is 2.79 bits per heavy atom. The van der Waals surface area contributed by atoms with Crippen molar-refractivity contribution in [3.8, 4) is 11.5 Å². The second-order valence-electron chi connectivity index (χ2n) is 8.12. The zero-order valence-electron chi connectivity index (χ0n) is 18.6. The number of carbonyl (C=O) groups excluding carboxylic acids is 2. The number of hydrogen-bond acceptors (Lipinski definition) is 7. The molecular weight excluding hydrogens is 454 g/mol. The largest absolute Gasteiger partial charge is 0.485 e. The third kappa shape index (κ3) is 4.45. The SMILES string of the molecule is C=CCn1c(SCC(=O)c2c[nH]c(C(=O)N3CCCC3)c2)nnc1C1COc2ccccc2O1. The number of amides is 1. The van der Waals surface area contributed by atoms with E-state index in [9.17, 15) is 9.59 Å². The number of H-pyrrole nitrogens is 1. The minimum Gasteiger partial charge on any atom is -0.485 e. The van der Waals surface area contributed by atoms with E-state index in [1.54, 1.807) is 18.3 Å². The molecule has 2 aliphatic rings. The van der Waals surface area contributed by atoms with Gasteiger partial charge in [0.15, 0.2) is 34.4 Å². The molecule has 1 saturated heterocycles. The van der Waals surface area contributed by atoms with Gasteiger partial charge in [0, 0.05) is 31.4 Å². The first-order valence-corrected chi connectivity index (χ1v) is 12.2. The second kappa shape index (κ2) is 9.76. The normalized spacial score (nSPS) is 17.1. The fourth-order valence-corrected chi connectivity index (χ4v) is 4.92. The number of aromatic amines is 1. The first-order valence-electron chi connectivity index (χ1n) is 11.2. The summed E-state index contributed by atoms with van der Waals surface area (Å²) in [6.45, 7) is 6.14. The van der Waals surface area contributed by atoms with Crippen LogP contribution in [0, 0.1) is 0 Å². The van der Waals surface area contributed by atoms with Gasteiger partial charge in [-0.05, 0) is 31.0 Å². The van der Waals surface area contributed by atoms with Crippen molar-refractivity contribution in [2.75, 3.05) is 25.4 Å². The molecule has 3 aromatic rings. The Balaban J connectivity index is 1.26. The number of ketones is 1. The van der Waals surface area contributed by atoms with Crippen LogP contribution in [0.5, 0.6) is 11.5 Å². The molecule has 4 heterocycles. The van der Waals surface area contributed by atoms with E-state index in [2.05, 4.69) is 21.8 Å². The second-order valence-corrected chi connectivity index (χ2v) is 9.06. The molecule has 9 nitrogen and oxygen atoms in total. The Hall–Kier alpha value is -3.53. The molecule has 0 saturated carbocycles. The van der Waals surface area contributed by atoms with Gasteiger partial charge in [0.2, 0.25) is 0 Å². The summed E-state index contributed by atoms with van der Waals surface area (Å²) in [5.41, 5.74) is 0.924. The summed E-state index contributed by atoms with van der Waals surface area (Å²) in [6.07, 6.45) is 4.96. The number of para-hydroxylation sites is 2. The van der Waals surface area contributed by atoms with Crippen molar-refractivity contribution in [1.29, 1.82) is 0 Å². The average Bonchev–Trinajstić information content (AvgIpc) is 3.64. The highest BCUT2D eigenvalue weighted by Crippen LogP contribution is 2.36. The van der Waals surface area contributed by atoms with E-state index in [1.807, 2.05) is 33.7 Å². The van der Waals surface area contributed by atoms with Crippen LogP contribution in [0.25, 0.3) is 0 Å². The molecule has 0 aliphatic carbocycles. The summed E-state index contributed by atoms with van der Waals surface area (Å²) < 4.78 is 13.8. The van der Waals surface area contributed by atoms with E-state index in [-0.39, 0.29) is 17.4 Å². The van der Waals surface area contributed by atoms with Gasteiger partial charge in [0.05, 0.1) is 5.75 Å². The summed E-state index contributed by atoms with van der Waals surface area (Å²) in [4.78, 5) is 30.1. The van der Waals surface area contributed by atoms with E-state index in [0.29, 0.717) is 46.9 Å². The molecule has 1 unspecified atom stereocenters. The van der Waals surface area contributed by atoms with Crippen LogP contribution in [-0.2, 0) is 6.54 Å². The quantitative estimate of drug-likeness (QED) is 0.300. The molecule has 1 amide bonds. The van der Waals surface area contributed by atoms with E-state index in [1.165, 1.54) is 11.8 Å². The third-order valence-corrected chi connectivity index (χ3v) is 6.78. The fraction of sp³-hybridized carbons (Fsp3) is 0.333. The summed E-state index contributed by atoms with van der Waals surface area (Å²) in [6, 6.07) is 9.12. The molecule has 1 aromatic carbocycles. The number of rotatable bonds is 8. The maximum atomic E-state index is 12.8. The number of hydrogen-bond donors (Lipinski definition) is 1. The lowest BCUT2D eigenvalue weighted by atomic mass is 10.2. The van der Waals surface area contributed by atoms with Gasteiger partial charge < -0.3 is 19.4 Å². The molecule has 1 fully saturated rings. The number of nitrogens with zero attached hydrogens (tertiary/aromatic N) is 4. The maximum Gasteiger partial charge on any atom is 0.270 e. The van der Waals surface area contributed by atoms with Crippen molar-refractivity contribution in [1.82, 2.24) is 24.6 Å². The minimum atomic E-state index is -0.420. The van der Waals surface area contributed by atoms with Gasteiger partial charge in [-0.3, -0.25) is 14.2 Å². The number of likely N-dealkylation sites (tertiary alicyclic amines) is 1. The number of benzene rings is 1. The summed E-state index contributed by atoms with van der Waals surface area (Å²) in [5.74, 6) is 1.98. The van der Waals surface area contributed by atoms with Crippen LogP contribution in [0.15, 0.2) is 54.3 Å². The fourth-order valence-electron chi connectivity index (χ4n) is 4.08. The Morgan fingerprint density at radius 2 is 2.00 bits per heavy atom. The van der Waals surface area contributed by atoms with Crippen LogP contribution in [0.1, 0.15) is 45.6 Å². The molecule has 1 atom stereocenters. The standard InChI is InChI=1S/C24H25N5O4S/c1-2-9-29-22(21-14-32-19-7-3-4-8-20(19)33-21)26-27-24(29)34-15-18(30)16-12-17(25-13-16)23(31)28-10-5-6-11-28/h2-4,7-8,12-13,21,25H,1,5-6,9-11,14-15H2. The zero-order valence-corrected chi connectivity index (χ0v) is 19.4. The number of Topliss-reactive ketones (excluding diaryl/α,β-unsaturated/α-hetero) is 1. The molecular formula is C24H25N5O4S. The highest BCUT2D eigenvalue weighted by Gasteiger charge is 2.28. The number of thioether (sulfide) groups is 1. The van der Waals surface area contributed by atoms with Crippen LogP contribution in [0.4, 0.5) is 0 Å². The zero-order chi connectivity index (χ0) is 23.5. The molecule has 34 heavy (non-hydrogen) atoms. The number of fused-ring (bicyclic) bond motifs is 1. The molecule has 5 rings (SSSR count). The summed E-state index contributed by atoms with van der Waals surface area (Å²) in [5, 5.41) is 9.21. The monoisotopic (exact) mass is 479 g/mol. The average molecular weight is 480 g/mol. The van der Waals surface area contributed by atoms with Gasteiger partial charge in [-0.2, -0.15) is 0 Å². The Bertz CT molecular complexity index is 1210. The molecule has 1 N–H and O–H groups in total. The minimum absolute atomic E-state index is 0.0594. The van der Waals surface area contributed by atoms with Gasteiger partial charge in [0.25, 0.3) is 5.91 Å². The van der Waals surface area contributed by atoms with Gasteiger partial charge in [-0.15, -0.1) is 16.8 Å². The predicted octanol–water partition coefficient (Wildman–Crippen LogP) is 3.52. The van der Waals surface area contributed by atoms with E-state index in [4.69, 9.17) is 9.47 Å². The Labute approximate surface area is 201 Å². The lowest BCUT2D eigenvalue weighted by Gasteiger charge is -2.26. The lowest BCUT2D eigenvalue weighted by Crippen LogP contribution is -2.27. The van der Waals surface area contributed by atoms with Crippen molar-refractivity contribution < 1.29 is 19.1 Å². The Kier molecular flexibility index (Phi) is 6.39. The highest BCUT2D eigenvalue weighted by atomic mass is 32.2. The topological polar surface area (TPSA) is 102 Å². The Morgan fingerprint density at radius 1 is 1.21 bits per heavy atom. The van der Waals surface area contributed by atoms with Crippen LogP contribution < -0.4 is 9.47 Å².